The second-order valence-corrected chi connectivity index (χ2v) is 12.7. The van der Waals surface area contributed by atoms with Crippen LogP contribution in [0.5, 0.6) is 0 Å². The first-order chi connectivity index (χ1) is 16.3. The summed E-state index contributed by atoms with van der Waals surface area (Å²) in [5, 5.41) is 22.8. The maximum absolute atomic E-state index is 10.2. The van der Waals surface area contributed by atoms with Gasteiger partial charge < -0.3 is 15.2 Å². The smallest absolute Gasteiger partial charge is 0.0646 e. The molecule has 2 unspecified atom stereocenters. The topological polar surface area (TPSA) is 53.4 Å². The van der Waals surface area contributed by atoms with Crippen LogP contribution in [0.25, 0.3) is 22.0 Å². The van der Waals surface area contributed by atoms with Gasteiger partial charge in [-0.3, -0.25) is 0 Å². The minimum atomic E-state index is -0.329. The molecule has 2 fully saturated rings. The number of aliphatic hydroxyl groups is 2. The van der Waals surface area contributed by atoms with Crippen LogP contribution < -0.4 is 0 Å². The molecule has 5 rings (SSSR count). The molecule has 3 aromatic rings. The van der Waals surface area contributed by atoms with Crippen molar-refractivity contribution in [2.75, 3.05) is 0 Å². The second-order valence-electron chi connectivity index (χ2n) is 12.7. The molecule has 3 nitrogen and oxygen atoms in total. The van der Waals surface area contributed by atoms with Crippen molar-refractivity contribution in [3.63, 3.8) is 0 Å². The number of nitrogens with zero attached hydrogens (tertiary/aromatic N) is 1. The number of aromatic nitrogens is 1. The van der Waals surface area contributed by atoms with Crippen LogP contribution in [-0.4, -0.2) is 27.4 Å². The maximum Gasteiger partial charge on any atom is 0.0646 e. The van der Waals surface area contributed by atoms with Crippen molar-refractivity contribution in [3.05, 3.63) is 65.4 Å². The number of aliphatic hydroxyl groups excluding tert-OH is 2. The Bertz CT molecular complexity index is 1170. The van der Waals surface area contributed by atoms with Crippen LogP contribution in [0.4, 0.5) is 0 Å². The van der Waals surface area contributed by atoms with Crippen molar-refractivity contribution in [1.82, 2.24) is 4.98 Å². The summed E-state index contributed by atoms with van der Waals surface area (Å²) in [6.07, 6.45) is 3.35. The molecule has 0 saturated heterocycles. The monoisotopic (exact) mass is 665 g/mol. The number of hydrogen-bond acceptors (Lipinski definition) is 3. The van der Waals surface area contributed by atoms with E-state index in [9.17, 15) is 10.2 Å². The largest absolute Gasteiger partial charge is 0.392 e. The number of fused-ring (bicyclic) bond motifs is 2. The Kier molecular flexibility index (Phi) is 8.58. The molecule has 0 spiro atoms. The van der Waals surface area contributed by atoms with E-state index in [1.54, 1.807) is 0 Å². The molecule has 1 heterocycles. The fourth-order valence-electron chi connectivity index (χ4n) is 6.46. The summed E-state index contributed by atoms with van der Waals surface area (Å²) in [5.74, 6) is 1.17. The third-order valence-corrected chi connectivity index (χ3v) is 8.31. The van der Waals surface area contributed by atoms with Crippen LogP contribution in [0.2, 0.25) is 0 Å². The molecule has 0 bridgehead atoms. The average molecular weight is 665 g/mol. The van der Waals surface area contributed by atoms with Gasteiger partial charge in [0.25, 0.3) is 0 Å². The van der Waals surface area contributed by atoms with Crippen LogP contribution in [0.3, 0.4) is 0 Å². The first-order valence-corrected chi connectivity index (χ1v) is 13.1. The molecule has 1 aromatic heterocycles. The molecule has 0 aliphatic heterocycles. The third-order valence-electron chi connectivity index (χ3n) is 8.31. The van der Waals surface area contributed by atoms with Crippen molar-refractivity contribution >= 4 is 10.8 Å². The molecule has 36 heavy (non-hydrogen) atoms. The summed E-state index contributed by atoms with van der Waals surface area (Å²) in [5.41, 5.74) is 5.86. The van der Waals surface area contributed by atoms with Gasteiger partial charge in [0, 0.05) is 32.2 Å². The first kappa shape index (κ1) is 29.0. The zero-order valence-electron chi connectivity index (χ0n) is 23.0. The molecule has 4 heteroatoms. The van der Waals surface area contributed by atoms with E-state index in [-0.39, 0.29) is 49.1 Å². The zero-order chi connectivity index (χ0) is 25.7. The van der Waals surface area contributed by atoms with Crippen molar-refractivity contribution < 1.29 is 30.3 Å². The van der Waals surface area contributed by atoms with Crippen molar-refractivity contribution in [2.24, 2.45) is 22.7 Å². The Balaban J connectivity index is 0.000000210. The normalized spacial score (nSPS) is 25.8. The van der Waals surface area contributed by atoms with Crippen molar-refractivity contribution in [3.8, 4) is 11.3 Å². The van der Waals surface area contributed by atoms with E-state index in [1.807, 2.05) is 6.20 Å². The van der Waals surface area contributed by atoms with Crippen LogP contribution in [0.15, 0.2) is 42.6 Å². The van der Waals surface area contributed by atoms with E-state index in [0.29, 0.717) is 11.8 Å². The first-order valence-electron chi connectivity index (χ1n) is 13.1. The molecular formula is C32H42IrNO2-. The van der Waals surface area contributed by atoms with Gasteiger partial charge in [0.05, 0.1) is 12.2 Å². The van der Waals surface area contributed by atoms with Gasteiger partial charge in [-0.2, -0.15) is 0 Å². The van der Waals surface area contributed by atoms with E-state index in [1.165, 1.54) is 21.9 Å². The Labute approximate surface area is 231 Å². The predicted octanol–water partition coefficient (Wildman–Crippen LogP) is 7.24. The van der Waals surface area contributed by atoms with Crippen LogP contribution in [0, 0.1) is 42.6 Å². The average Bonchev–Trinajstić information content (AvgIpc) is 3.12. The van der Waals surface area contributed by atoms with Gasteiger partial charge >= 0.3 is 0 Å². The standard InChI is InChI=1S/C20H20N.C12H22O2.Ir/c1-13(2)16-5-6-19-17(12-16)7-8-21-20(19)18-10-14(3)9-15(4)11-18;1-11(2)5-7-6-12(3,4)10(14)8(7)9(11)13;/h5-10,12-13H,1-4H3;7-10,13-14H,5-6H2,1-4H3;/q-1;;. The molecular weight excluding hydrogens is 623 g/mol. The number of pyridine rings is 1. The summed E-state index contributed by atoms with van der Waals surface area (Å²) in [6.45, 7) is 17.1. The summed E-state index contributed by atoms with van der Waals surface area (Å²) < 4.78 is 0. The van der Waals surface area contributed by atoms with Crippen molar-refractivity contribution in [2.45, 2.75) is 86.4 Å². The van der Waals surface area contributed by atoms with Crippen LogP contribution in [0.1, 0.15) is 77.0 Å². The SMILES string of the molecule is CC1(C)CC2CC(C)(C)C(O)C2C1O.Cc1[c-]c(-c2nccc3cc(C(C)C)ccc23)cc(C)c1.[Ir]. The Morgan fingerprint density at radius 3 is 2.06 bits per heavy atom. The zero-order valence-corrected chi connectivity index (χ0v) is 25.4. The number of hydrogen-bond donors (Lipinski definition) is 2. The molecule has 2 aromatic carbocycles. The third kappa shape index (κ3) is 5.63. The Hall–Kier alpha value is -1.58. The van der Waals surface area contributed by atoms with Gasteiger partial charge in [-0.15, -0.1) is 34.9 Å². The fraction of sp³-hybridized carbons (Fsp3) is 0.531. The molecule has 197 valence electrons. The van der Waals surface area contributed by atoms with E-state index in [4.69, 9.17) is 0 Å². The van der Waals surface area contributed by atoms with Gasteiger partial charge in [-0.1, -0.05) is 73.6 Å². The molecule has 0 amide bonds. The van der Waals surface area contributed by atoms with E-state index < -0.39 is 0 Å². The maximum atomic E-state index is 10.2. The van der Waals surface area contributed by atoms with Crippen LogP contribution >= 0.6 is 0 Å². The summed E-state index contributed by atoms with van der Waals surface area (Å²) in [6, 6.07) is 16.5. The second kappa shape index (κ2) is 10.7. The van der Waals surface area contributed by atoms with E-state index in [2.05, 4.69) is 103 Å². The minimum absolute atomic E-state index is 0. The van der Waals surface area contributed by atoms with Crippen LogP contribution in [-0.2, 0) is 20.1 Å². The number of aryl methyl sites for hydroxylation is 2. The molecule has 2 atom stereocenters. The fourth-order valence-corrected chi connectivity index (χ4v) is 6.46. The van der Waals surface area contributed by atoms with Gasteiger partial charge in [0.15, 0.2) is 0 Å². The predicted molar refractivity (Wildman–Crippen MR) is 145 cm³/mol. The molecule has 2 N–H and O–H groups in total. The summed E-state index contributed by atoms with van der Waals surface area (Å²) in [4.78, 5) is 4.60. The van der Waals surface area contributed by atoms with Gasteiger partial charge in [0.1, 0.15) is 0 Å². The Morgan fingerprint density at radius 2 is 1.53 bits per heavy atom. The molecule has 2 saturated carbocycles. The Morgan fingerprint density at radius 1 is 0.917 bits per heavy atom. The number of rotatable bonds is 2. The molecule has 2 aliphatic rings. The summed E-state index contributed by atoms with van der Waals surface area (Å²) in [7, 11) is 0. The molecule has 2 aliphatic carbocycles. The minimum Gasteiger partial charge on any atom is -0.392 e. The molecule has 1 radical (unpaired) electrons. The van der Waals surface area contributed by atoms with Crippen molar-refractivity contribution in [1.29, 1.82) is 0 Å². The van der Waals surface area contributed by atoms with Gasteiger partial charge in [-0.25, -0.2) is 0 Å². The quantitative estimate of drug-likeness (QED) is 0.284. The summed E-state index contributed by atoms with van der Waals surface area (Å²) >= 11 is 0. The van der Waals surface area contributed by atoms with E-state index in [0.717, 1.165) is 29.7 Å². The van der Waals surface area contributed by atoms with E-state index >= 15 is 0 Å². The van der Waals surface area contributed by atoms with Gasteiger partial charge in [0.2, 0.25) is 0 Å². The number of benzene rings is 2. The van der Waals surface area contributed by atoms with Gasteiger partial charge in [-0.05, 0) is 63.6 Å².